The Hall–Kier alpha value is -0.980. The Bertz CT molecular complexity index is 839. The summed E-state index contributed by atoms with van der Waals surface area (Å²) in [5, 5.41) is 0. The Kier molecular flexibility index (Phi) is 5.23. The fraction of sp³-hybridized carbons (Fsp3) is 0.611. The van der Waals surface area contributed by atoms with Crippen molar-refractivity contribution < 1.29 is 17.6 Å². The van der Waals surface area contributed by atoms with Gasteiger partial charge in [0.2, 0.25) is 5.91 Å². The third-order valence-corrected chi connectivity index (χ3v) is 7.54. The van der Waals surface area contributed by atoms with Gasteiger partial charge in [-0.2, -0.15) is 0 Å². The minimum absolute atomic E-state index is 0.00233. The van der Waals surface area contributed by atoms with Crippen molar-refractivity contribution in [2.24, 2.45) is 17.3 Å². The van der Waals surface area contributed by atoms with Gasteiger partial charge in [-0.15, -0.1) is 0 Å². The molecule has 2 fully saturated rings. The second-order valence-corrected chi connectivity index (χ2v) is 11.1. The predicted molar refractivity (Wildman–Crippen MR) is 102 cm³/mol. The van der Waals surface area contributed by atoms with E-state index in [0.717, 1.165) is 5.76 Å². The van der Waals surface area contributed by atoms with Crippen molar-refractivity contribution in [1.29, 1.82) is 0 Å². The number of furan rings is 1. The highest BCUT2D eigenvalue weighted by atomic mass is 35.5. The van der Waals surface area contributed by atoms with Crippen LogP contribution in [-0.4, -0.2) is 36.8 Å². The highest BCUT2D eigenvalue weighted by Crippen LogP contribution is 2.60. The Morgan fingerprint density at radius 1 is 1.38 bits per heavy atom. The number of halogens is 2. The molecule has 5 nitrogen and oxygen atoms in total. The van der Waals surface area contributed by atoms with E-state index in [9.17, 15) is 13.2 Å². The molecule has 144 valence electrons. The van der Waals surface area contributed by atoms with Crippen molar-refractivity contribution in [2.45, 2.75) is 39.8 Å². The monoisotopic (exact) mass is 419 g/mol. The smallest absolute Gasteiger partial charge is 0.227 e. The number of amides is 1. The molecule has 26 heavy (non-hydrogen) atoms. The van der Waals surface area contributed by atoms with Gasteiger partial charge >= 0.3 is 0 Å². The van der Waals surface area contributed by atoms with E-state index in [1.807, 2.05) is 32.9 Å². The van der Waals surface area contributed by atoms with E-state index < -0.39 is 9.84 Å². The summed E-state index contributed by atoms with van der Waals surface area (Å²) in [6.45, 7) is 6.09. The first-order valence-electron chi connectivity index (χ1n) is 8.60. The fourth-order valence-electron chi connectivity index (χ4n) is 3.92. The van der Waals surface area contributed by atoms with Crippen LogP contribution in [0.1, 0.15) is 31.8 Å². The molecule has 0 unspecified atom stereocenters. The highest BCUT2D eigenvalue weighted by Gasteiger charge is 2.62. The van der Waals surface area contributed by atoms with E-state index in [4.69, 9.17) is 27.6 Å². The first-order valence-corrected chi connectivity index (χ1v) is 11.2. The van der Waals surface area contributed by atoms with Crippen LogP contribution in [0.3, 0.4) is 0 Å². The molecule has 0 N–H and O–H groups in total. The van der Waals surface area contributed by atoms with E-state index in [1.165, 1.54) is 0 Å². The lowest BCUT2D eigenvalue weighted by Crippen LogP contribution is -2.42. The van der Waals surface area contributed by atoms with Crippen LogP contribution in [0.5, 0.6) is 0 Å². The van der Waals surface area contributed by atoms with Gasteiger partial charge in [0.05, 0.1) is 24.0 Å². The van der Waals surface area contributed by atoms with Crippen molar-refractivity contribution in [3.8, 4) is 0 Å². The first-order chi connectivity index (χ1) is 12.0. The molecular weight excluding hydrogens is 397 g/mol. The van der Waals surface area contributed by atoms with Gasteiger partial charge in [-0.05, 0) is 42.9 Å². The fourth-order valence-corrected chi connectivity index (χ4v) is 5.92. The molecule has 1 aliphatic heterocycles. The van der Waals surface area contributed by atoms with Crippen molar-refractivity contribution in [1.82, 2.24) is 4.90 Å². The molecule has 0 spiro atoms. The summed E-state index contributed by atoms with van der Waals surface area (Å²) in [7, 11) is -3.11. The summed E-state index contributed by atoms with van der Waals surface area (Å²) < 4.78 is 29.7. The van der Waals surface area contributed by atoms with Gasteiger partial charge < -0.3 is 9.32 Å². The first kappa shape index (κ1) is 19.8. The summed E-state index contributed by atoms with van der Waals surface area (Å²) in [6, 6.07) is 3.33. The number of hydrogen-bond donors (Lipinski definition) is 0. The zero-order valence-electron chi connectivity index (χ0n) is 15.0. The minimum atomic E-state index is -3.11. The van der Waals surface area contributed by atoms with Gasteiger partial charge in [-0.3, -0.25) is 4.79 Å². The number of carbonyl (C=O) groups excluding carboxylic acids is 1. The van der Waals surface area contributed by atoms with E-state index in [1.54, 1.807) is 11.0 Å². The number of rotatable bonds is 5. The molecule has 1 amide bonds. The van der Waals surface area contributed by atoms with Crippen LogP contribution in [-0.2, 0) is 21.2 Å². The molecule has 0 radical (unpaired) electrons. The van der Waals surface area contributed by atoms with Crippen LogP contribution in [0.15, 0.2) is 27.1 Å². The van der Waals surface area contributed by atoms with Crippen LogP contribution in [0.25, 0.3) is 0 Å². The average Bonchev–Trinajstić information content (AvgIpc) is 2.83. The molecule has 0 aromatic carbocycles. The molecule has 3 atom stereocenters. The van der Waals surface area contributed by atoms with Crippen molar-refractivity contribution in [3.05, 3.63) is 34.2 Å². The number of nitrogens with zero attached hydrogens (tertiary/aromatic N) is 1. The third kappa shape index (κ3) is 3.97. The molecule has 1 aliphatic carbocycles. The van der Waals surface area contributed by atoms with Crippen LogP contribution in [0, 0.1) is 24.2 Å². The third-order valence-electron chi connectivity index (χ3n) is 5.54. The second-order valence-electron chi connectivity index (χ2n) is 7.82. The molecule has 3 rings (SSSR count). The Morgan fingerprint density at radius 2 is 2.08 bits per heavy atom. The number of carbonyl (C=O) groups is 1. The van der Waals surface area contributed by atoms with Crippen molar-refractivity contribution in [2.75, 3.05) is 11.5 Å². The molecule has 1 aromatic rings. The molecule has 2 heterocycles. The highest BCUT2D eigenvalue weighted by molar-refractivity contribution is 7.91. The SMILES string of the molecule is Cc1ccc(CN(C(=O)[C@@H]2[C@H](C=C(Cl)Cl)C2(C)C)[C@@H]2CCS(=O)(=O)C2)o1. The maximum atomic E-state index is 13.3. The van der Waals surface area contributed by atoms with Crippen molar-refractivity contribution >= 4 is 38.9 Å². The standard InChI is InChI=1S/C18H23Cl2NO4S/c1-11-4-5-13(25-11)9-21(12-6-7-26(23,24)10-12)17(22)16-14(8-15(19)20)18(16,2)3/h4-5,8,12,14,16H,6-7,9-10H2,1-3H3/t12-,14+,16+/m1/s1. The molecule has 1 aromatic heterocycles. The minimum Gasteiger partial charge on any atom is -0.464 e. The molecule has 1 saturated heterocycles. The van der Waals surface area contributed by atoms with E-state index >= 15 is 0 Å². The van der Waals surface area contributed by atoms with Crippen LogP contribution in [0.4, 0.5) is 0 Å². The molecular formula is C18H23Cl2NO4S. The van der Waals surface area contributed by atoms with Gasteiger partial charge in [-0.25, -0.2) is 8.42 Å². The van der Waals surface area contributed by atoms with Gasteiger partial charge in [0.15, 0.2) is 9.84 Å². The molecule has 2 aliphatic rings. The summed E-state index contributed by atoms with van der Waals surface area (Å²) in [5.74, 6) is 1.13. The Labute approximate surface area is 164 Å². The molecule has 8 heteroatoms. The van der Waals surface area contributed by atoms with Crippen LogP contribution in [0.2, 0.25) is 0 Å². The summed E-state index contributed by atoms with van der Waals surface area (Å²) in [4.78, 5) is 15.0. The normalized spacial score (nSPS) is 28.6. The zero-order valence-corrected chi connectivity index (χ0v) is 17.4. The summed E-state index contributed by atoms with van der Waals surface area (Å²) >= 11 is 11.6. The van der Waals surface area contributed by atoms with Crippen LogP contribution < -0.4 is 0 Å². The predicted octanol–water partition coefficient (Wildman–Crippen LogP) is 3.69. The Morgan fingerprint density at radius 3 is 2.58 bits per heavy atom. The van der Waals surface area contributed by atoms with E-state index in [0.29, 0.717) is 12.2 Å². The zero-order chi connectivity index (χ0) is 19.3. The lowest BCUT2D eigenvalue weighted by molar-refractivity contribution is -0.136. The van der Waals surface area contributed by atoms with Gasteiger partial charge in [0, 0.05) is 6.04 Å². The maximum absolute atomic E-state index is 13.3. The topological polar surface area (TPSA) is 67.6 Å². The number of sulfone groups is 1. The van der Waals surface area contributed by atoms with Crippen molar-refractivity contribution in [3.63, 3.8) is 0 Å². The second kappa shape index (κ2) is 6.88. The van der Waals surface area contributed by atoms with Crippen LogP contribution >= 0.6 is 23.2 Å². The summed E-state index contributed by atoms with van der Waals surface area (Å²) in [5.41, 5.74) is -0.263. The lowest BCUT2D eigenvalue weighted by atomic mass is 10.1. The molecule has 0 bridgehead atoms. The van der Waals surface area contributed by atoms with Gasteiger partial charge in [-0.1, -0.05) is 37.0 Å². The average molecular weight is 420 g/mol. The largest absolute Gasteiger partial charge is 0.464 e. The van der Waals surface area contributed by atoms with Gasteiger partial charge in [0.25, 0.3) is 0 Å². The lowest BCUT2D eigenvalue weighted by Gasteiger charge is -2.28. The molecule has 1 saturated carbocycles. The summed E-state index contributed by atoms with van der Waals surface area (Å²) in [6.07, 6.45) is 2.16. The number of aryl methyl sites for hydroxylation is 1. The number of hydrogen-bond acceptors (Lipinski definition) is 4. The number of allylic oxidation sites excluding steroid dienone is 1. The van der Waals surface area contributed by atoms with E-state index in [-0.39, 0.29) is 51.7 Å². The Balaban J connectivity index is 1.85. The van der Waals surface area contributed by atoms with Gasteiger partial charge in [0.1, 0.15) is 16.0 Å². The maximum Gasteiger partial charge on any atom is 0.227 e. The quantitative estimate of drug-likeness (QED) is 0.729. The van der Waals surface area contributed by atoms with E-state index in [2.05, 4.69) is 0 Å².